The van der Waals surface area contributed by atoms with Crippen LogP contribution in [0.25, 0.3) is 0 Å². The van der Waals surface area contributed by atoms with Crippen molar-refractivity contribution >= 4 is 11.6 Å². The second-order valence-electron chi connectivity index (χ2n) is 8.48. The third-order valence-electron chi connectivity index (χ3n) is 6.10. The predicted molar refractivity (Wildman–Crippen MR) is 125 cm³/mol. The lowest BCUT2D eigenvalue weighted by molar-refractivity contribution is 0.0489. The molecule has 1 saturated heterocycles. The van der Waals surface area contributed by atoms with Gasteiger partial charge in [0.05, 0.1) is 6.61 Å². The number of rotatable bonds is 10. The van der Waals surface area contributed by atoms with Crippen molar-refractivity contribution in [2.45, 2.75) is 32.7 Å². The molecule has 0 saturated carbocycles. The zero-order valence-electron chi connectivity index (χ0n) is 18.3. The molecule has 0 bridgehead atoms. The maximum atomic E-state index is 5.93. The Bertz CT molecular complexity index is 917. The molecular weight excluding hydrogens is 384 g/mol. The van der Waals surface area contributed by atoms with Crippen LogP contribution in [-0.4, -0.2) is 41.2 Å². The first kappa shape index (κ1) is 21.5. The lowest BCUT2D eigenvalue weighted by Crippen LogP contribution is -2.32. The second-order valence-corrected chi connectivity index (χ2v) is 8.48. The maximum absolute atomic E-state index is 5.93. The van der Waals surface area contributed by atoms with Gasteiger partial charge in [-0.25, -0.2) is 9.97 Å². The van der Waals surface area contributed by atoms with Crippen LogP contribution in [0.5, 0.6) is 0 Å². The first-order valence-corrected chi connectivity index (χ1v) is 11.2. The van der Waals surface area contributed by atoms with Crippen LogP contribution in [0.1, 0.15) is 30.9 Å². The number of hydrogen-bond donors (Lipinski definition) is 1. The van der Waals surface area contributed by atoms with Crippen LogP contribution < -0.4 is 5.32 Å². The van der Waals surface area contributed by atoms with E-state index in [1.165, 1.54) is 24.0 Å². The highest BCUT2D eigenvalue weighted by atomic mass is 16.5. The number of aryl methyl sites for hydroxylation is 1. The highest BCUT2D eigenvalue weighted by molar-refractivity contribution is 5.53. The molecule has 1 aliphatic heterocycles. The van der Waals surface area contributed by atoms with E-state index in [1.807, 2.05) is 6.07 Å². The van der Waals surface area contributed by atoms with E-state index in [0.717, 1.165) is 45.0 Å². The third-order valence-corrected chi connectivity index (χ3v) is 6.10. The second kappa shape index (κ2) is 10.5. The molecule has 1 aromatic heterocycles. The van der Waals surface area contributed by atoms with Crippen LogP contribution >= 0.6 is 0 Å². The van der Waals surface area contributed by atoms with Crippen molar-refractivity contribution in [1.82, 2.24) is 14.9 Å². The number of ether oxygens (including phenoxy) is 1. The summed E-state index contributed by atoms with van der Waals surface area (Å²) in [5, 5.41) is 3.24. The quantitative estimate of drug-likeness (QED) is 0.499. The Balaban J connectivity index is 1.34. The minimum atomic E-state index is 0.248. The SMILES string of the molecule is CCOCC1(CCc2ccccc2)CCN(Cc2ccc(Nc3ncccn3)cc2)C1. The van der Waals surface area contributed by atoms with Gasteiger partial charge >= 0.3 is 0 Å². The molecule has 31 heavy (non-hydrogen) atoms. The van der Waals surface area contributed by atoms with E-state index in [2.05, 4.69) is 81.7 Å². The summed E-state index contributed by atoms with van der Waals surface area (Å²) in [6, 6.07) is 21.2. The summed E-state index contributed by atoms with van der Waals surface area (Å²) in [5.74, 6) is 0.619. The third kappa shape index (κ3) is 6.12. The molecule has 1 N–H and O–H groups in total. The van der Waals surface area contributed by atoms with Crippen LogP contribution in [0.15, 0.2) is 73.1 Å². The van der Waals surface area contributed by atoms with Crippen LogP contribution in [0.2, 0.25) is 0 Å². The molecule has 4 rings (SSSR count). The lowest BCUT2D eigenvalue weighted by Gasteiger charge is -2.29. The molecule has 5 heteroatoms. The Morgan fingerprint density at radius 3 is 2.48 bits per heavy atom. The molecule has 0 radical (unpaired) electrons. The molecule has 0 amide bonds. The standard InChI is InChI=1S/C26H32N4O/c1-2-31-21-26(14-13-22-7-4-3-5-8-22)15-18-30(20-26)19-23-9-11-24(12-10-23)29-25-27-16-6-17-28-25/h3-12,16-17H,2,13-15,18-21H2,1H3,(H,27,28,29). The molecule has 1 unspecified atom stereocenters. The Hall–Kier alpha value is -2.76. The van der Waals surface area contributed by atoms with Gasteiger partial charge in [0.2, 0.25) is 5.95 Å². The Morgan fingerprint density at radius 1 is 0.968 bits per heavy atom. The molecule has 0 aliphatic carbocycles. The Labute approximate surface area is 185 Å². The van der Waals surface area contributed by atoms with Gasteiger partial charge in [0, 0.05) is 43.2 Å². The van der Waals surface area contributed by atoms with E-state index in [-0.39, 0.29) is 5.41 Å². The molecule has 1 atom stereocenters. The molecular formula is C26H32N4O. The molecule has 3 aromatic rings. The molecule has 5 nitrogen and oxygen atoms in total. The van der Waals surface area contributed by atoms with Crippen molar-refractivity contribution in [3.63, 3.8) is 0 Å². The molecule has 0 spiro atoms. The summed E-state index contributed by atoms with van der Waals surface area (Å²) in [7, 11) is 0. The van der Waals surface area contributed by atoms with Crippen LogP contribution in [0.4, 0.5) is 11.6 Å². The van der Waals surface area contributed by atoms with Gasteiger partial charge in [-0.2, -0.15) is 0 Å². The van der Waals surface area contributed by atoms with E-state index in [4.69, 9.17) is 4.74 Å². The molecule has 1 fully saturated rings. The van der Waals surface area contributed by atoms with Gasteiger partial charge in [-0.3, -0.25) is 4.90 Å². The Morgan fingerprint density at radius 2 is 1.74 bits per heavy atom. The molecule has 2 aromatic carbocycles. The van der Waals surface area contributed by atoms with Crippen molar-refractivity contribution in [3.05, 3.63) is 84.2 Å². The van der Waals surface area contributed by atoms with Crippen molar-refractivity contribution in [3.8, 4) is 0 Å². The highest BCUT2D eigenvalue weighted by Crippen LogP contribution is 2.36. The average molecular weight is 417 g/mol. The van der Waals surface area contributed by atoms with Crippen LogP contribution in [0.3, 0.4) is 0 Å². The van der Waals surface area contributed by atoms with Crippen molar-refractivity contribution in [2.75, 3.05) is 31.6 Å². The summed E-state index contributed by atoms with van der Waals surface area (Å²) < 4.78 is 5.93. The van der Waals surface area contributed by atoms with E-state index in [1.54, 1.807) is 12.4 Å². The predicted octanol–water partition coefficient (Wildman–Crippen LogP) is 5.08. The van der Waals surface area contributed by atoms with E-state index >= 15 is 0 Å². The van der Waals surface area contributed by atoms with Gasteiger partial charge in [0.1, 0.15) is 0 Å². The summed E-state index contributed by atoms with van der Waals surface area (Å²) in [5.41, 5.74) is 4.00. The summed E-state index contributed by atoms with van der Waals surface area (Å²) in [6.45, 7) is 6.92. The van der Waals surface area contributed by atoms with Gasteiger partial charge in [-0.05, 0) is 62.1 Å². The average Bonchev–Trinajstić information content (AvgIpc) is 3.22. The fraction of sp³-hybridized carbons (Fsp3) is 0.385. The van der Waals surface area contributed by atoms with Crippen molar-refractivity contribution in [1.29, 1.82) is 0 Å². The van der Waals surface area contributed by atoms with Crippen LogP contribution in [-0.2, 0) is 17.7 Å². The van der Waals surface area contributed by atoms with Gasteiger partial charge in [0.15, 0.2) is 0 Å². The molecule has 2 heterocycles. The fourth-order valence-corrected chi connectivity index (χ4v) is 4.37. The minimum absolute atomic E-state index is 0.248. The van der Waals surface area contributed by atoms with Gasteiger partial charge in [-0.1, -0.05) is 42.5 Å². The van der Waals surface area contributed by atoms with Gasteiger partial charge in [-0.15, -0.1) is 0 Å². The fourth-order valence-electron chi connectivity index (χ4n) is 4.37. The Kier molecular flexibility index (Phi) is 7.28. The minimum Gasteiger partial charge on any atom is -0.381 e. The number of likely N-dealkylation sites (tertiary alicyclic amines) is 1. The van der Waals surface area contributed by atoms with E-state index in [0.29, 0.717) is 5.95 Å². The lowest BCUT2D eigenvalue weighted by atomic mass is 9.82. The number of nitrogens with zero attached hydrogens (tertiary/aromatic N) is 3. The monoisotopic (exact) mass is 416 g/mol. The number of hydrogen-bond acceptors (Lipinski definition) is 5. The molecule has 162 valence electrons. The van der Waals surface area contributed by atoms with E-state index in [9.17, 15) is 0 Å². The van der Waals surface area contributed by atoms with Crippen molar-refractivity contribution < 1.29 is 4.74 Å². The van der Waals surface area contributed by atoms with Gasteiger partial charge < -0.3 is 10.1 Å². The normalized spacial score (nSPS) is 18.9. The first-order valence-electron chi connectivity index (χ1n) is 11.2. The number of anilines is 2. The number of aromatic nitrogens is 2. The summed E-state index contributed by atoms with van der Waals surface area (Å²) in [6.07, 6.45) is 6.97. The van der Waals surface area contributed by atoms with E-state index < -0.39 is 0 Å². The first-order chi connectivity index (χ1) is 15.2. The largest absolute Gasteiger partial charge is 0.381 e. The number of nitrogens with one attached hydrogen (secondary N) is 1. The van der Waals surface area contributed by atoms with Crippen LogP contribution in [0, 0.1) is 5.41 Å². The zero-order chi connectivity index (χ0) is 21.4. The van der Waals surface area contributed by atoms with Gasteiger partial charge in [0.25, 0.3) is 0 Å². The number of benzene rings is 2. The highest BCUT2D eigenvalue weighted by Gasteiger charge is 2.37. The summed E-state index contributed by atoms with van der Waals surface area (Å²) >= 11 is 0. The smallest absolute Gasteiger partial charge is 0.227 e. The zero-order valence-corrected chi connectivity index (χ0v) is 18.3. The topological polar surface area (TPSA) is 50.3 Å². The maximum Gasteiger partial charge on any atom is 0.227 e. The summed E-state index contributed by atoms with van der Waals surface area (Å²) in [4.78, 5) is 11.0. The van der Waals surface area contributed by atoms with Crippen molar-refractivity contribution in [2.24, 2.45) is 5.41 Å². The molecule has 1 aliphatic rings.